The lowest BCUT2D eigenvalue weighted by molar-refractivity contribution is 0.0643. The summed E-state index contributed by atoms with van der Waals surface area (Å²) >= 11 is 0. The average molecular weight is 286 g/mol. The summed E-state index contributed by atoms with van der Waals surface area (Å²) in [6.45, 7) is 3.65. The van der Waals surface area contributed by atoms with E-state index in [0.29, 0.717) is 29.6 Å². The van der Waals surface area contributed by atoms with E-state index in [2.05, 4.69) is 12.2 Å². The number of rotatable bonds is 5. The van der Waals surface area contributed by atoms with Crippen molar-refractivity contribution in [1.82, 2.24) is 10.2 Å². The normalized spacial score (nSPS) is 24.7. The first-order valence-corrected chi connectivity index (χ1v) is 7.91. The van der Waals surface area contributed by atoms with Crippen molar-refractivity contribution in [2.75, 3.05) is 13.1 Å². The maximum absolute atomic E-state index is 12.3. The summed E-state index contributed by atoms with van der Waals surface area (Å²) < 4.78 is 0. The van der Waals surface area contributed by atoms with E-state index in [0.717, 1.165) is 13.0 Å². The number of nitrogens with zero attached hydrogens (tertiary/aromatic N) is 1. The summed E-state index contributed by atoms with van der Waals surface area (Å²) in [7, 11) is 0. The molecular formula is C17H22N2O2. The summed E-state index contributed by atoms with van der Waals surface area (Å²) in [6, 6.07) is 7.65. The molecule has 1 aliphatic heterocycles. The number of nitrogens with one attached hydrogen (secondary N) is 1. The van der Waals surface area contributed by atoms with Crippen LogP contribution in [-0.2, 0) is 0 Å². The highest BCUT2D eigenvalue weighted by Gasteiger charge is 2.36. The topological polar surface area (TPSA) is 49.4 Å². The number of fused-ring (bicyclic) bond motifs is 1. The molecule has 1 aromatic carbocycles. The maximum atomic E-state index is 12.3. The van der Waals surface area contributed by atoms with Gasteiger partial charge in [0.1, 0.15) is 0 Å². The van der Waals surface area contributed by atoms with Crippen LogP contribution in [-0.4, -0.2) is 35.8 Å². The minimum Gasteiger partial charge on any atom is -0.314 e. The van der Waals surface area contributed by atoms with Gasteiger partial charge in [-0.3, -0.25) is 14.5 Å². The van der Waals surface area contributed by atoms with Gasteiger partial charge in [-0.25, -0.2) is 0 Å². The molecule has 21 heavy (non-hydrogen) atoms. The zero-order chi connectivity index (χ0) is 14.8. The van der Waals surface area contributed by atoms with Gasteiger partial charge in [-0.05, 0) is 43.9 Å². The van der Waals surface area contributed by atoms with Gasteiger partial charge in [0, 0.05) is 12.6 Å². The van der Waals surface area contributed by atoms with Crippen LogP contribution in [0.3, 0.4) is 0 Å². The third kappa shape index (κ3) is 2.60. The van der Waals surface area contributed by atoms with Gasteiger partial charge in [-0.15, -0.1) is 0 Å². The van der Waals surface area contributed by atoms with Crippen molar-refractivity contribution >= 4 is 11.8 Å². The summed E-state index contributed by atoms with van der Waals surface area (Å²) in [5, 5.41) is 3.52. The largest absolute Gasteiger partial charge is 0.314 e. The Balaban J connectivity index is 1.64. The Hall–Kier alpha value is -1.68. The highest BCUT2D eigenvalue weighted by molar-refractivity contribution is 6.21. The molecule has 2 amide bonds. The number of imide groups is 1. The van der Waals surface area contributed by atoms with Crippen molar-refractivity contribution in [3.63, 3.8) is 0 Å². The number of hydrogen-bond donors (Lipinski definition) is 1. The monoisotopic (exact) mass is 286 g/mol. The zero-order valence-electron chi connectivity index (χ0n) is 12.5. The molecule has 1 heterocycles. The smallest absolute Gasteiger partial charge is 0.261 e. The second-order valence-corrected chi connectivity index (χ2v) is 5.95. The Labute approximate surface area is 125 Å². The fraction of sp³-hybridized carbons (Fsp3) is 0.529. The standard InChI is InChI=1S/C17H22N2O2/c1-2-18-15-9-5-6-12(15)10-11-19-16(20)13-7-3-4-8-14(13)17(19)21/h3-4,7-8,12,15,18H,2,5-6,9-11H2,1H3. The Morgan fingerprint density at radius 3 is 2.43 bits per heavy atom. The summed E-state index contributed by atoms with van der Waals surface area (Å²) in [6.07, 6.45) is 4.55. The lowest BCUT2D eigenvalue weighted by Gasteiger charge is -2.22. The highest BCUT2D eigenvalue weighted by Crippen LogP contribution is 2.30. The molecule has 4 nitrogen and oxygen atoms in total. The van der Waals surface area contributed by atoms with E-state index in [1.807, 2.05) is 12.1 Å². The predicted molar refractivity (Wildman–Crippen MR) is 81.2 cm³/mol. The van der Waals surface area contributed by atoms with Crippen LogP contribution >= 0.6 is 0 Å². The molecule has 2 unspecified atom stereocenters. The molecule has 0 bridgehead atoms. The molecule has 2 atom stereocenters. The first-order chi connectivity index (χ1) is 10.2. The molecule has 3 rings (SSSR count). The van der Waals surface area contributed by atoms with Gasteiger partial charge in [0.15, 0.2) is 0 Å². The molecule has 0 aromatic heterocycles. The van der Waals surface area contributed by atoms with Crippen molar-refractivity contribution in [2.45, 2.75) is 38.6 Å². The van der Waals surface area contributed by atoms with E-state index in [-0.39, 0.29) is 11.8 Å². The SMILES string of the molecule is CCNC1CCCC1CCN1C(=O)c2ccccc2C1=O. The molecule has 0 saturated heterocycles. The number of carbonyl (C=O) groups is 2. The van der Waals surface area contributed by atoms with Crippen LogP contribution in [0.2, 0.25) is 0 Å². The third-order valence-corrected chi connectivity index (χ3v) is 4.73. The van der Waals surface area contributed by atoms with Crippen LogP contribution in [0.5, 0.6) is 0 Å². The van der Waals surface area contributed by atoms with Crippen molar-refractivity contribution < 1.29 is 9.59 Å². The van der Waals surface area contributed by atoms with Crippen molar-refractivity contribution in [3.8, 4) is 0 Å². The number of benzene rings is 1. The third-order valence-electron chi connectivity index (χ3n) is 4.73. The lowest BCUT2D eigenvalue weighted by atomic mass is 9.99. The van der Waals surface area contributed by atoms with E-state index < -0.39 is 0 Å². The molecular weight excluding hydrogens is 264 g/mol. The first-order valence-electron chi connectivity index (χ1n) is 7.91. The summed E-state index contributed by atoms with van der Waals surface area (Å²) in [5.41, 5.74) is 1.11. The molecule has 0 radical (unpaired) electrons. The Morgan fingerprint density at radius 2 is 1.81 bits per heavy atom. The van der Waals surface area contributed by atoms with Crippen LogP contribution in [0.15, 0.2) is 24.3 Å². The van der Waals surface area contributed by atoms with Gasteiger partial charge < -0.3 is 5.32 Å². The fourth-order valence-electron chi connectivity index (χ4n) is 3.65. The first kappa shape index (κ1) is 14.3. The van der Waals surface area contributed by atoms with Gasteiger partial charge in [0.2, 0.25) is 0 Å². The molecule has 2 aliphatic rings. The maximum Gasteiger partial charge on any atom is 0.261 e. The molecule has 1 fully saturated rings. The number of hydrogen-bond acceptors (Lipinski definition) is 3. The van der Waals surface area contributed by atoms with E-state index >= 15 is 0 Å². The van der Waals surface area contributed by atoms with Gasteiger partial charge >= 0.3 is 0 Å². The highest BCUT2D eigenvalue weighted by atomic mass is 16.2. The quantitative estimate of drug-likeness (QED) is 0.846. The van der Waals surface area contributed by atoms with Crippen LogP contribution < -0.4 is 5.32 Å². The van der Waals surface area contributed by atoms with Crippen molar-refractivity contribution in [1.29, 1.82) is 0 Å². The van der Waals surface area contributed by atoms with Crippen LogP contribution in [0.25, 0.3) is 0 Å². The van der Waals surface area contributed by atoms with E-state index in [1.165, 1.54) is 24.2 Å². The summed E-state index contributed by atoms with van der Waals surface area (Å²) in [5.74, 6) is 0.316. The van der Waals surface area contributed by atoms with Crippen LogP contribution in [0.4, 0.5) is 0 Å². The van der Waals surface area contributed by atoms with Gasteiger partial charge in [-0.1, -0.05) is 25.5 Å². The van der Waals surface area contributed by atoms with Crippen molar-refractivity contribution in [2.24, 2.45) is 5.92 Å². The minimum absolute atomic E-state index is 0.131. The fourth-order valence-corrected chi connectivity index (χ4v) is 3.65. The zero-order valence-corrected chi connectivity index (χ0v) is 12.5. The Morgan fingerprint density at radius 1 is 1.14 bits per heavy atom. The van der Waals surface area contributed by atoms with Crippen LogP contribution in [0.1, 0.15) is 53.3 Å². The van der Waals surface area contributed by atoms with E-state index in [9.17, 15) is 9.59 Å². The second kappa shape index (κ2) is 5.98. The molecule has 1 aliphatic carbocycles. The molecule has 1 aromatic rings. The van der Waals surface area contributed by atoms with Gasteiger partial charge in [-0.2, -0.15) is 0 Å². The molecule has 0 spiro atoms. The second-order valence-electron chi connectivity index (χ2n) is 5.95. The lowest BCUT2D eigenvalue weighted by Crippen LogP contribution is -2.36. The number of carbonyl (C=O) groups excluding carboxylic acids is 2. The molecule has 112 valence electrons. The van der Waals surface area contributed by atoms with Gasteiger partial charge in [0.25, 0.3) is 11.8 Å². The van der Waals surface area contributed by atoms with Gasteiger partial charge in [0.05, 0.1) is 11.1 Å². The Kier molecular flexibility index (Phi) is 4.06. The average Bonchev–Trinajstić information content (AvgIpc) is 3.03. The number of amides is 2. The molecule has 1 saturated carbocycles. The predicted octanol–water partition coefficient (Wildman–Crippen LogP) is 2.45. The van der Waals surface area contributed by atoms with Crippen molar-refractivity contribution in [3.05, 3.63) is 35.4 Å². The summed E-state index contributed by atoms with van der Waals surface area (Å²) in [4.78, 5) is 26.0. The van der Waals surface area contributed by atoms with E-state index in [4.69, 9.17) is 0 Å². The van der Waals surface area contributed by atoms with E-state index in [1.54, 1.807) is 12.1 Å². The Bertz CT molecular complexity index is 520. The molecule has 1 N–H and O–H groups in total. The molecule has 4 heteroatoms. The minimum atomic E-state index is -0.131. The van der Waals surface area contributed by atoms with Crippen LogP contribution in [0, 0.1) is 5.92 Å².